The Morgan fingerprint density at radius 3 is 2.59 bits per heavy atom. The molecule has 2 aromatic heterocycles. The molecular weight excluding hydrogens is 446 g/mol. The van der Waals surface area contributed by atoms with Crippen LogP contribution in [-0.2, 0) is 18.3 Å². The number of carbonyl (C=O) groups excluding carboxylic acids is 1. The molecule has 172 valence electrons. The van der Waals surface area contributed by atoms with Gasteiger partial charge in [0.05, 0.1) is 17.7 Å². The third kappa shape index (κ3) is 4.68. The van der Waals surface area contributed by atoms with Gasteiger partial charge in [-0.05, 0) is 30.2 Å². The number of amides is 1. The molecule has 0 saturated heterocycles. The highest BCUT2D eigenvalue weighted by molar-refractivity contribution is 7.99. The van der Waals surface area contributed by atoms with Gasteiger partial charge >= 0.3 is 0 Å². The minimum absolute atomic E-state index is 0.0962. The lowest BCUT2D eigenvalue weighted by Crippen LogP contribution is -2.28. The van der Waals surface area contributed by atoms with Crippen LogP contribution in [0.1, 0.15) is 40.7 Å². The highest BCUT2D eigenvalue weighted by Crippen LogP contribution is 2.34. The molecule has 4 aromatic rings. The molecule has 1 atom stereocenters. The first kappa shape index (κ1) is 22.2. The first-order valence-corrected chi connectivity index (χ1v) is 12.1. The first-order chi connectivity index (χ1) is 16.6. The van der Waals surface area contributed by atoms with Crippen LogP contribution in [0.2, 0.25) is 0 Å². The number of furan rings is 1. The summed E-state index contributed by atoms with van der Waals surface area (Å²) < 4.78 is 7.59. The van der Waals surface area contributed by atoms with Gasteiger partial charge in [0, 0.05) is 19.9 Å². The van der Waals surface area contributed by atoms with Crippen LogP contribution in [0.5, 0.6) is 0 Å². The van der Waals surface area contributed by atoms with Crippen molar-refractivity contribution in [3.63, 3.8) is 0 Å². The maximum atomic E-state index is 13.3. The fourth-order valence-electron chi connectivity index (χ4n) is 3.96. The second-order valence-corrected chi connectivity index (χ2v) is 9.24. The molecule has 0 fully saturated rings. The maximum absolute atomic E-state index is 13.3. The van der Waals surface area contributed by atoms with E-state index < -0.39 is 0 Å². The van der Waals surface area contributed by atoms with E-state index in [1.54, 1.807) is 11.3 Å². The molecule has 0 unspecified atom stereocenters. The summed E-state index contributed by atoms with van der Waals surface area (Å²) in [6.45, 7) is 2.05. The normalized spacial score (nSPS) is 15.5. The zero-order valence-corrected chi connectivity index (χ0v) is 19.9. The molecule has 0 aliphatic carbocycles. The zero-order chi connectivity index (χ0) is 23.5. The van der Waals surface area contributed by atoms with Gasteiger partial charge < -0.3 is 8.98 Å². The van der Waals surface area contributed by atoms with Gasteiger partial charge in [-0.15, -0.1) is 10.2 Å². The Kier molecular flexibility index (Phi) is 6.31. The molecule has 3 heterocycles. The third-order valence-corrected chi connectivity index (χ3v) is 6.88. The lowest BCUT2D eigenvalue weighted by atomic mass is 10.0. The topological polar surface area (TPSA) is 76.5 Å². The van der Waals surface area contributed by atoms with Gasteiger partial charge in [0.25, 0.3) is 5.91 Å². The van der Waals surface area contributed by atoms with Crippen molar-refractivity contribution in [2.24, 2.45) is 12.1 Å². The van der Waals surface area contributed by atoms with Crippen molar-refractivity contribution in [1.82, 2.24) is 19.8 Å². The molecule has 0 spiro atoms. The second-order valence-electron chi connectivity index (χ2n) is 8.30. The highest BCUT2D eigenvalue weighted by atomic mass is 32.2. The molecular formula is C26H25N5O2S. The van der Waals surface area contributed by atoms with Crippen LogP contribution in [0.25, 0.3) is 0 Å². The van der Waals surface area contributed by atoms with Gasteiger partial charge in [-0.25, -0.2) is 5.01 Å². The number of benzene rings is 2. The molecule has 0 N–H and O–H groups in total. The van der Waals surface area contributed by atoms with Crippen LogP contribution in [0, 0.1) is 6.92 Å². The van der Waals surface area contributed by atoms with Crippen molar-refractivity contribution in [1.29, 1.82) is 0 Å². The minimum Gasteiger partial charge on any atom is -0.467 e. The van der Waals surface area contributed by atoms with Gasteiger partial charge in [-0.1, -0.05) is 71.9 Å². The summed E-state index contributed by atoms with van der Waals surface area (Å²) in [6.07, 6.45) is 2.93. The fourth-order valence-corrected chi connectivity index (χ4v) is 4.74. The quantitative estimate of drug-likeness (QED) is 0.363. The molecule has 0 bridgehead atoms. The van der Waals surface area contributed by atoms with Gasteiger partial charge in [-0.2, -0.15) is 5.10 Å². The van der Waals surface area contributed by atoms with E-state index in [0.717, 1.165) is 22.9 Å². The van der Waals surface area contributed by atoms with Gasteiger partial charge in [0.15, 0.2) is 5.16 Å². The van der Waals surface area contributed by atoms with E-state index in [0.29, 0.717) is 18.0 Å². The number of hydrazone groups is 1. The number of aryl methyl sites for hydroxylation is 1. The number of hydrogen-bond acceptors (Lipinski definition) is 6. The van der Waals surface area contributed by atoms with E-state index in [1.807, 2.05) is 54.1 Å². The zero-order valence-electron chi connectivity index (χ0n) is 19.1. The van der Waals surface area contributed by atoms with Crippen molar-refractivity contribution in [3.05, 3.63) is 101 Å². The molecule has 8 heteroatoms. The molecule has 5 rings (SSSR count). The van der Waals surface area contributed by atoms with Crippen molar-refractivity contribution in [3.8, 4) is 0 Å². The number of thioether (sulfide) groups is 1. The molecule has 0 saturated carbocycles. The van der Waals surface area contributed by atoms with E-state index in [4.69, 9.17) is 9.52 Å². The lowest BCUT2D eigenvalue weighted by molar-refractivity contribution is -0.130. The molecule has 7 nitrogen and oxygen atoms in total. The molecule has 1 aliphatic rings. The van der Waals surface area contributed by atoms with Crippen LogP contribution in [0.4, 0.5) is 0 Å². The third-order valence-electron chi connectivity index (χ3n) is 5.88. The number of hydrogen-bond donors (Lipinski definition) is 0. The second kappa shape index (κ2) is 9.69. The number of nitrogens with zero attached hydrogens (tertiary/aromatic N) is 5. The SMILES string of the molecule is Cc1ccc(C2=NN(C(=O)CSc3nnc(Cc4ccccc4)n3C)[C@H](c3ccco3)C2)cc1. The minimum atomic E-state index is -0.257. The molecule has 0 radical (unpaired) electrons. The summed E-state index contributed by atoms with van der Waals surface area (Å²) >= 11 is 1.37. The summed E-state index contributed by atoms with van der Waals surface area (Å²) in [5.74, 6) is 1.70. The summed E-state index contributed by atoms with van der Waals surface area (Å²) in [4.78, 5) is 13.3. The Hall–Kier alpha value is -3.65. The fraction of sp³-hybridized carbons (Fsp3) is 0.231. The van der Waals surface area contributed by atoms with Gasteiger partial charge in [0.2, 0.25) is 0 Å². The monoisotopic (exact) mass is 471 g/mol. The van der Waals surface area contributed by atoms with Gasteiger partial charge in [-0.3, -0.25) is 4.79 Å². The van der Waals surface area contributed by atoms with Crippen LogP contribution < -0.4 is 0 Å². The van der Waals surface area contributed by atoms with Gasteiger partial charge in [0.1, 0.15) is 17.6 Å². The van der Waals surface area contributed by atoms with E-state index in [1.165, 1.54) is 22.9 Å². The molecule has 1 aliphatic heterocycles. The van der Waals surface area contributed by atoms with E-state index in [-0.39, 0.29) is 17.7 Å². The van der Waals surface area contributed by atoms with Crippen LogP contribution in [0.3, 0.4) is 0 Å². The van der Waals surface area contributed by atoms with Crippen LogP contribution in [-0.4, -0.2) is 37.1 Å². The van der Waals surface area contributed by atoms with Crippen LogP contribution in [0.15, 0.2) is 87.7 Å². The van der Waals surface area contributed by atoms with E-state index >= 15 is 0 Å². The maximum Gasteiger partial charge on any atom is 0.253 e. The summed E-state index contributed by atoms with van der Waals surface area (Å²) in [5, 5.41) is 15.6. The summed E-state index contributed by atoms with van der Waals surface area (Å²) in [6, 6.07) is 21.8. The van der Waals surface area contributed by atoms with Crippen molar-refractivity contribution in [2.75, 3.05) is 5.75 Å². The Balaban J connectivity index is 1.31. The molecule has 2 aromatic carbocycles. The number of aromatic nitrogens is 3. The number of carbonyl (C=O) groups is 1. The van der Waals surface area contributed by atoms with Crippen molar-refractivity contribution >= 4 is 23.4 Å². The molecule has 1 amide bonds. The summed E-state index contributed by atoms with van der Waals surface area (Å²) in [7, 11) is 1.93. The Morgan fingerprint density at radius 1 is 1.06 bits per heavy atom. The predicted octanol–water partition coefficient (Wildman–Crippen LogP) is 4.78. The average Bonchev–Trinajstić information content (AvgIpc) is 3.60. The lowest BCUT2D eigenvalue weighted by Gasteiger charge is -2.19. The molecule has 34 heavy (non-hydrogen) atoms. The largest absolute Gasteiger partial charge is 0.467 e. The average molecular weight is 472 g/mol. The van der Waals surface area contributed by atoms with Crippen molar-refractivity contribution in [2.45, 2.75) is 31.0 Å². The van der Waals surface area contributed by atoms with Crippen molar-refractivity contribution < 1.29 is 9.21 Å². The smallest absolute Gasteiger partial charge is 0.253 e. The Morgan fingerprint density at radius 2 is 1.85 bits per heavy atom. The standard InChI is InChI=1S/C26H25N5O2S/c1-18-10-12-20(13-11-18)21-16-22(23-9-6-14-33-23)31(29-21)25(32)17-34-26-28-27-24(30(26)2)15-19-7-4-3-5-8-19/h3-14,22H,15-17H2,1-2H3/t22-/m0/s1. The summed E-state index contributed by atoms with van der Waals surface area (Å²) in [5.41, 5.74) is 4.25. The Labute approximate surface area is 202 Å². The Bertz CT molecular complexity index is 1300. The van der Waals surface area contributed by atoms with Crippen LogP contribution >= 0.6 is 11.8 Å². The number of rotatable bonds is 7. The highest BCUT2D eigenvalue weighted by Gasteiger charge is 2.35. The van der Waals surface area contributed by atoms with E-state index in [2.05, 4.69) is 41.4 Å². The van der Waals surface area contributed by atoms with E-state index in [9.17, 15) is 4.79 Å². The predicted molar refractivity (Wildman–Crippen MR) is 132 cm³/mol. The first-order valence-electron chi connectivity index (χ1n) is 11.1.